The molecule has 5 nitrogen and oxygen atoms in total. The fourth-order valence-electron chi connectivity index (χ4n) is 1.73. The number of carbonyl (C=O) groups excluding carboxylic acids is 1. The molecule has 0 heterocycles. The van der Waals surface area contributed by atoms with E-state index in [1.165, 1.54) is 12.1 Å². The molecule has 0 aliphatic rings. The van der Waals surface area contributed by atoms with Crippen molar-refractivity contribution in [1.82, 2.24) is 0 Å². The van der Waals surface area contributed by atoms with Gasteiger partial charge in [0.05, 0.1) is 4.90 Å². The van der Waals surface area contributed by atoms with Crippen molar-refractivity contribution >= 4 is 20.7 Å². The predicted octanol–water partition coefficient (Wildman–Crippen LogP) is 2.79. The van der Waals surface area contributed by atoms with Gasteiger partial charge in [0, 0.05) is 6.42 Å². The topological polar surface area (TPSA) is 87.6 Å². The first-order chi connectivity index (χ1) is 9.89. The van der Waals surface area contributed by atoms with Gasteiger partial charge in [0.15, 0.2) is 0 Å². The Morgan fingerprint density at radius 1 is 1.24 bits per heavy atom. The van der Waals surface area contributed by atoms with Crippen LogP contribution in [0.2, 0.25) is 0 Å². The number of carbonyl (C=O) groups is 1. The second-order valence-corrected chi connectivity index (χ2v) is 6.68. The summed E-state index contributed by atoms with van der Waals surface area (Å²) in [4.78, 5) is 14.6. The summed E-state index contributed by atoms with van der Waals surface area (Å²) in [5, 5.41) is -0.800. The van der Waals surface area contributed by atoms with Crippen molar-refractivity contribution in [3.05, 3.63) is 47.5 Å². The van der Waals surface area contributed by atoms with Crippen molar-refractivity contribution < 1.29 is 18.0 Å². The van der Waals surface area contributed by atoms with Crippen LogP contribution in [-0.2, 0) is 14.6 Å². The van der Waals surface area contributed by atoms with Gasteiger partial charge >= 0.3 is 5.04 Å². The van der Waals surface area contributed by atoms with Crippen molar-refractivity contribution in [2.45, 2.75) is 38.0 Å². The number of hydrogen-bond donors (Lipinski definition) is 0. The maximum atomic E-state index is 12.2. The van der Waals surface area contributed by atoms with Crippen LogP contribution in [0, 0.1) is 0 Å². The zero-order chi connectivity index (χ0) is 15.9. The number of ketones is 1. The highest BCUT2D eigenvalue weighted by Crippen LogP contribution is 2.13. The molecule has 0 aliphatic heterocycles. The Labute approximate surface area is 124 Å². The van der Waals surface area contributed by atoms with Gasteiger partial charge in [0.25, 0.3) is 15.6 Å². The van der Waals surface area contributed by atoms with Gasteiger partial charge in [-0.3, -0.25) is 4.79 Å². The standard InChI is InChI=1S/C15H18N2O3S/c1-12(2)8-6-7-11-14(18)15(17-16)21(19,20)13-9-4-3-5-10-13/h3-5,8-10H,6-7,11H2,1-2H3. The predicted molar refractivity (Wildman–Crippen MR) is 80.5 cm³/mol. The number of rotatable bonds is 6. The number of nitrogens with zero attached hydrogens (tertiary/aromatic N) is 2. The van der Waals surface area contributed by atoms with Crippen LogP contribution in [0.3, 0.4) is 0 Å². The largest absolute Gasteiger partial charge is 0.451 e. The molecule has 0 saturated heterocycles. The van der Waals surface area contributed by atoms with E-state index in [0.717, 1.165) is 5.57 Å². The zero-order valence-electron chi connectivity index (χ0n) is 12.1. The van der Waals surface area contributed by atoms with Crippen LogP contribution in [0.4, 0.5) is 0 Å². The number of hydrogen-bond acceptors (Lipinski definition) is 3. The highest BCUT2D eigenvalue weighted by molar-refractivity contribution is 8.08. The van der Waals surface area contributed by atoms with Crippen molar-refractivity contribution in [2.24, 2.45) is 0 Å². The summed E-state index contributed by atoms with van der Waals surface area (Å²) in [6.07, 6.45) is 3.18. The Hall–Kier alpha value is -2.04. The molecule has 1 aromatic carbocycles. The van der Waals surface area contributed by atoms with Crippen LogP contribution in [0.1, 0.15) is 33.1 Å². The lowest BCUT2D eigenvalue weighted by atomic mass is 10.1. The maximum Gasteiger partial charge on any atom is 0.451 e. The molecular formula is C15H18N2O3S. The molecule has 6 heteroatoms. The van der Waals surface area contributed by atoms with Crippen molar-refractivity contribution in [3.63, 3.8) is 0 Å². The summed E-state index contributed by atoms with van der Waals surface area (Å²) >= 11 is 0. The van der Waals surface area contributed by atoms with Crippen LogP contribution >= 0.6 is 0 Å². The molecule has 112 valence electrons. The molecule has 0 N–H and O–H groups in total. The molecule has 0 fully saturated rings. The zero-order valence-corrected chi connectivity index (χ0v) is 12.9. The van der Waals surface area contributed by atoms with E-state index in [1.54, 1.807) is 18.2 Å². The van der Waals surface area contributed by atoms with Crippen molar-refractivity contribution in [2.75, 3.05) is 0 Å². The molecule has 0 saturated carbocycles. The molecule has 0 atom stereocenters. The monoisotopic (exact) mass is 306 g/mol. The lowest BCUT2D eigenvalue weighted by molar-refractivity contribution is -0.116. The molecule has 1 rings (SSSR count). The average molecular weight is 306 g/mol. The molecule has 0 aromatic heterocycles. The van der Waals surface area contributed by atoms with Gasteiger partial charge in [0.2, 0.25) is 0 Å². The van der Waals surface area contributed by atoms with E-state index in [0.29, 0.717) is 12.8 Å². The quantitative estimate of drug-likeness (QED) is 0.202. The van der Waals surface area contributed by atoms with Crippen LogP contribution < -0.4 is 0 Å². The highest BCUT2D eigenvalue weighted by Gasteiger charge is 2.36. The number of Topliss-reactive ketones (excluding diaryl/α,β-unsaturated/α-hetero) is 1. The first-order valence-electron chi connectivity index (χ1n) is 6.58. The second-order valence-electron chi connectivity index (χ2n) is 4.82. The Bertz CT molecular complexity index is 681. The molecule has 0 amide bonds. The minimum absolute atomic E-state index is 0.0231. The molecule has 0 spiro atoms. The minimum atomic E-state index is -4.07. The van der Waals surface area contributed by atoms with Gasteiger partial charge in [-0.1, -0.05) is 29.8 Å². The maximum absolute atomic E-state index is 12.2. The minimum Gasteiger partial charge on any atom is -0.360 e. The van der Waals surface area contributed by atoms with E-state index in [4.69, 9.17) is 5.53 Å². The molecule has 1 aromatic rings. The molecule has 0 radical (unpaired) electrons. The molecule has 21 heavy (non-hydrogen) atoms. The third kappa shape index (κ3) is 4.77. The summed E-state index contributed by atoms with van der Waals surface area (Å²) in [6.45, 7) is 3.89. The summed E-state index contributed by atoms with van der Waals surface area (Å²) in [6, 6.07) is 7.46. The molecule has 0 bridgehead atoms. The summed E-state index contributed by atoms with van der Waals surface area (Å²) in [5.74, 6) is -0.677. The molecular weight excluding hydrogens is 288 g/mol. The lowest BCUT2D eigenvalue weighted by Gasteiger charge is -1.99. The first kappa shape index (κ1) is 17.0. The molecule has 0 unspecified atom stereocenters. The summed E-state index contributed by atoms with van der Waals surface area (Å²) < 4.78 is 24.4. The van der Waals surface area contributed by atoms with Crippen LogP contribution in [0.25, 0.3) is 5.53 Å². The third-order valence-corrected chi connectivity index (χ3v) is 4.51. The lowest BCUT2D eigenvalue weighted by Crippen LogP contribution is -2.25. The van der Waals surface area contributed by atoms with Gasteiger partial charge < -0.3 is 5.53 Å². The summed E-state index contributed by atoms with van der Waals surface area (Å²) in [5.41, 5.74) is 10.0. The number of sulfone groups is 1. The highest BCUT2D eigenvalue weighted by atomic mass is 32.2. The smallest absolute Gasteiger partial charge is 0.360 e. The first-order valence-corrected chi connectivity index (χ1v) is 8.06. The van der Waals surface area contributed by atoms with E-state index in [9.17, 15) is 13.2 Å². The normalized spacial score (nSPS) is 10.6. The Kier molecular flexibility index (Phi) is 6.21. The number of unbranched alkanes of at least 4 members (excludes halogenated alkanes) is 1. The molecule has 0 aliphatic carbocycles. The van der Waals surface area contributed by atoms with Gasteiger partial charge in [-0.05, 0) is 38.8 Å². The van der Waals surface area contributed by atoms with Crippen LogP contribution in [-0.4, -0.2) is 24.0 Å². The van der Waals surface area contributed by atoms with E-state index < -0.39 is 20.7 Å². The van der Waals surface area contributed by atoms with Crippen LogP contribution in [0.5, 0.6) is 0 Å². The van der Waals surface area contributed by atoms with Gasteiger partial charge in [-0.15, -0.1) is 4.79 Å². The third-order valence-electron chi connectivity index (χ3n) is 2.80. The van der Waals surface area contributed by atoms with Crippen molar-refractivity contribution in [3.8, 4) is 0 Å². The van der Waals surface area contributed by atoms with E-state index in [-0.39, 0.29) is 11.3 Å². The number of allylic oxidation sites excluding steroid dienone is 2. The fraction of sp³-hybridized carbons (Fsp3) is 0.333. The van der Waals surface area contributed by atoms with Gasteiger partial charge in [0.1, 0.15) is 0 Å². The Morgan fingerprint density at radius 3 is 2.38 bits per heavy atom. The second kappa shape index (κ2) is 7.67. The Morgan fingerprint density at radius 2 is 1.86 bits per heavy atom. The SMILES string of the molecule is CC(C)=CCCCC(=O)C(=[N+]=[N-])S(=O)(=O)c1ccccc1. The summed E-state index contributed by atoms with van der Waals surface area (Å²) in [7, 11) is -4.07. The van der Waals surface area contributed by atoms with Crippen molar-refractivity contribution in [1.29, 1.82) is 0 Å². The van der Waals surface area contributed by atoms with E-state index in [2.05, 4.69) is 4.79 Å². The van der Waals surface area contributed by atoms with Crippen LogP contribution in [0.15, 0.2) is 46.9 Å². The van der Waals surface area contributed by atoms with E-state index in [1.807, 2.05) is 19.9 Å². The number of benzene rings is 1. The van der Waals surface area contributed by atoms with E-state index >= 15 is 0 Å². The fourth-order valence-corrected chi connectivity index (χ4v) is 2.98. The Balaban J connectivity index is 2.87. The van der Waals surface area contributed by atoms with Gasteiger partial charge in [-0.2, -0.15) is 0 Å². The average Bonchev–Trinajstić information content (AvgIpc) is 2.45. The van der Waals surface area contributed by atoms with Gasteiger partial charge in [-0.25, -0.2) is 8.42 Å².